The van der Waals surface area contributed by atoms with Gasteiger partial charge in [0, 0.05) is 20.0 Å². The summed E-state index contributed by atoms with van der Waals surface area (Å²) in [5.41, 5.74) is 0. The van der Waals surface area contributed by atoms with Crippen molar-refractivity contribution in [1.29, 1.82) is 0 Å². The normalized spacial score (nSPS) is 10.8. The number of hydrogen-bond acceptors (Lipinski definition) is 4. The van der Waals surface area contributed by atoms with Crippen molar-refractivity contribution in [3.63, 3.8) is 0 Å². The summed E-state index contributed by atoms with van der Waals surface area (Å²) in [6.45, 7) is 0.927. The molecule has 0 aliphatic carbocycles. The van der Waals surface area contributed by atoms with Crippen molar-refractivity contribution < 1.29 is 0 Å². The maximum absolute atomic E-state index is 4.51. The van der Waals surface area contributed by atoms with Crippen LogP contribution in [0.15, 0.2) is 17.5 Å². The van der Waals surface area contributed by atoms with Crippen LogP contribution in [0.2, 0.25) is 0 Å². The van der Waals surface area contributed by atoms with E-state index >= 15 is 0 Å². The second-order valence-electron chi connectivity index (χ2n) is 3.31. The molecule has 0 fully saturated rings. The summed E-state index contributed by atoms with van der Waals surface area (Å²) in [5, 5.41) is 9.54. The zero-order chi connectivity index (χ0) is 10.7. The van der Waals surface area contributed by atoms with Crippen molar-refractivity contribution in [3.05, 3.63) is 23.3 Å². The van der Waals surface area contributed by atoms with Gasteiger partial charge in [-0.3, -0.25) is 4.68 Å². The summed E-state index contributed by atoms with van der Waals surface area (Å²) < 4.78 is 1.85. The smallest absolute Gasteiger partial charge is 0.191 e. The standard InChI is InChI=1S/C10H14N4S/c1-11-6-5-9-12-10(13-14(9)2)8-4-3-7-15-8/h3-4,7,11H,5-6H2,1-2H3. The summed E-state index contributed by atoms with van der Waals surface area (Å²) in [5.74, 6) is 1.85. The molecular weight excluding hydrogens is 208 g/mol. The number of likely N-dealkylation sites (N-methyl/N-ethyl adjacent to an activating group) is 1. The van der Waals surface area contributed by atoms with Gasteiger partial charge in [0.05, 0.1) is 4.88 Å². The molecule has 0 atom stereocenters. The minimum absolute atomic E-state index is 0.832. The third-order valence-electron chi connectivity index (χ3n) is 2.19. The molecular formula is C10H14N4S. The number of nitrogens with one attached hydrogen (secondary N) is 1. The molecule has 2 rings (SSSR count). The molecule has 0 aromatic carbocycles. The maximum Gasteiger partial charge on any atom is 0.191 e. The van der Waals surface area contributed by atoms with Gasteiger partial charge in [0.25, 0.3) is 0 Å². The second-order valence-corrected chi connectivity index (χ2v) is 4.25. The van der Waals surface area contributed by atoms with Crippen LogP contribution in [0.4, 0.5) is 0 Å². The monoisotopic (exact) mass is 222 g/mol. The number of aryl methyl sites for hydroxylation is 1. The van der Waals surface area contributed by atoms with Crippen molar-refractivity contribution in [3.8, 4) is 10.7 Å². The Morgan fingerprint density at radius 3 is 3.07 bits per heavy atom. The van der Waals surface area contributed by atoms with E-state index in [-0.39, 0.29) is 0 Å². The van der Waals surface area contributed by atoms with E-state index in [1.54, 1.807) is 11.3 Å². The predicted octanol–water partition coefficient (Wildman–Crippen LogP) is 1.31. The van der Waals surface area contributed by atoms with E-state index in [1.807, 2.05) is 36.3 Å². The van der Waals surface area contributed by atoms with Crippen molar-refractivity contribution in [2.24, 2.45) is 7.05 Å². The third kappa shape index (κ3) is 2.24. The largest absolute Gasteiger partial charge is 0.319 e. The van der Waals surface area contributed by atoms with Gasteiger partial charge in [0.1, 0.15) is 5.82 Å². The molecule has 0 aliphatic rings. The molecule has 0 amide bonds. The summed E-state index contributed by atoms with van der Waals surface area (Å²) in [7, 11) is 3.88. The van der Waals surface area contributed by atoms with Crippen LogP contribution in [-0.2, 0) is 13.5 Å². The van der Waals surface area contributed by atoms with Gasteiger partial charge in [-0.1, -0.05) is 6.07 Å². The van der Waals surface area contributed by atoms with Crippen LogP contribution in [0, 0.1) is 0 Å². The Morgan fingerprint density at radius 1 is 1.53 bits per heavy atom. The number of thiophene rings is 1. The summed E-state index contributed by atoms with van der Waals surface area (Å²) in [6.07, 6.45) is 0.908. The van der Waals surface area contributed by atoms with Gasteiger partial charge in [0.15, 0.2) is 5.82 Å². The summed E-state index contributed by atoms with van der Waals surface area (Å²) in [4.78, 5) is 5.64. The van der Waals surface area contributed by atoms with E-state index in [1.165, 1.54) is 0 Å². The van der Waals surface area contributed by atoms with E-state index in [2.05, 4.69) is 15.4 Å². The van der Waals surface area contributed by atoms with Crippen molar-refractivity contribution in [2.45, 2.75) is 6.42 Å². The first-order chi connectivity index (χ1) is 7.31. The quantitative estimate of drug-likeness (QED) is 0.848. The third-order valence-corrected chi connectivity index (χ3v) is 3.06. The van der Waals surface area contributed by atoms with Crippen LogP contribution < -0.4 is 5.32 Å². The van der Waals surface area contributed by atoms with Crippen LogP contribution >= 0.6 is 11.3 Å². The average Bonchev–Trinajstić information content (AvgIpc) is 2.83. The number of hydrogen-bond donors (Lipinski definition) is 1. The fraction of sp³-hybridized carbons (Fsp3) is 0.400. The lowest BCUT2D eigenvalue weighted by atomic mass is 10.4. The van der Waals surface area contributed by atoms with Gasteiger partial charge in [-0.2, -0.15) is 5.10 Å². The zero-order valence-electron chi connectivity index (χ0n) is 8.90. The van der Waals surface area contributed by atoms with Gasteiger partial charge in [-0.25, -0.2) is 4.98 Å². The second kappa shape index (κ2) is 4.55. The van der Waals surface area contributed by atoms with Crippen molar-refractivity contribution in [2.75, 3.05) is 13.6 Å². The number of aromatic nitrogens is 3. The van der Waals surface area contributed by atoms with Crippen LogP contribution in [0.25, 0.3) is 10.7 Å². The first-order valence-electron chi connectivity index (χ1n) is 4.89. The fourth-order valence-corrected chi connectivity index (χ4v) is 2.03. The fourth-order valence-electron chi connectivity index (χ4n) is 1.38. The molecule has 2 aromatic heterocycles. The number of nitrogens with zero attached hydrogens (tertiary/aromatic N) is 3. The van der Waals surface area contributed by atoms with Crippen molar-refractivity contribution >= 4 is 11.3 Å². The van der Waals surface area contributed by atoms with E-state index in [0.29, 0.717) is 0 Å². The number of rotatable bonds is 4. The molecule has 1 N–H and O–H groups in total. The molecule has 0 bridgehead atoms. The Kier molecular flexibility index (Phi) is 3.13. The lowest BCUT2D eigenvalue weighted by Gasteiger charge is -1.97. The Bertz CT molecular complexity index is 419. The topological polar surface area (TPSA) is 42.7 Å². The molecule has 2 aromatic rings. The lowest BCUT2D eigenvalue weighted by molar-refractivity contribution is 0.671. The SMILES string of the molecule is CNCCc1nc(-c2cccs2)nn1C. The zero-order valence-corrected chi connectivity index (χ0v) is 9.71. The van der Waals surface area contributed by atoms with E-state index in [9.17, 15) is 0 Å². The first-order valence-corrected chi connectivity index (χ1v) is 5.77. The minimum atomic E-state index is 0.832. The highest BCUT2D eigenvalue weighted by atomic mass is 32.1. The minimum Gasteiger partial charge on any atom is -0.319 e. The predicted molar refractivity (Wildman–Crippen MR) is 61.9 cm³/mol. The van der Waals surface area contributed by atoms with Crippen LogP contribution in [0.5, 0.6) is 0 Å². The molecule has 4 nitrogen and oxygen atoms in total. The first kappa shape index (κ1) is 10.3. The maximum atomic E-state index is 4.51. The Balaban J connectivity index is 2.21. The molecule has 15 heavy (non-hydrogen) atoms. The molecule has 0 saturated heterocycles. The van der Waals surface area contributed by atoms with Crippen LogP contribution in [-0.4, -0.2) is 28.4 Å². The van der Waals surface area contributed by atoms with E-state index in [4.69, 9.17) is 0 Å². The van der Waals surface area contributed by atoms with Crippen LogP contribution in [0.3, 0.4) is 0 Å². The molecule has 0 unspecified atom stereocenters. The van der Waals surface area contributed by atoms with Gasteiger partial charge >= 0.3 is 0 Å². The summed E-state index contributed by atoms with van der Waals surface area (Å²) in [6, 6.07) is 4.06. The van der Waals surface area contributed by atoms with E-state index < -0.39 is 0 Å². The highest BCUT2D eigenvalue weighted by Crippen LogP contribution is 2.20. The Morgan fingerprint density at radius 2 is 2.40 bits per heavy atom. The lowest BCUT2D eigenvalue weighted by Crippen LogP contribution is -2.13. The molecule has 0 spiro atoms. The average molecular weight is 222 g/mol. The molecule has 5 heteroatoms. The highest BCUT2D eigenvalue weighted by molar-refractivity contribution is 7.13. The molecule has 2 heterocycles. The van der Waals surface area contributed by atoms with Crippen molar-refractivity contribution in [1.82, 2.24) is 20.1 Å². The molecule has 0 aliphatic heterocycles. The van der Waals surface area contributed by atoms with Gasteiger partial charge < -0.3 is 5.32 Å². The van der Waals surface area contributed by atoms with Gasteiger partial charge in [0.2, 0.25) is 0 Å². The van der Waals surface area contributed by atoms with E-state index in [0.717, 1.165) is 29.5 Å². The molecule has 0 radical (unpaired) electrons. The Hall–Kier alpha value is -1.20. The van der Waals surface area contributed by atoms with Gasteiger partial charge in [-0.05, 0) is 18.5 Å². The van der Waals surface area contributed by atoms with Gasteiger partial charge in [-0.15, -0.1) is 11.3 Å². The molecule has 0 saturated carbocycles. The Labute approximate surface area is 93.0 Å². The molecule has 80 valence electrons. The summed E-state index contributed by atoms with van der Waals surface area (Å²) >= 11 is 1.67. The van der Waals surface area contributed by atoms with Crippen LogP contribution in [0.1, 0.15) is 5.82 Å². The highest BCUT2D eigenvalue weighted by Gasteiger charge is 2.08.